The first-order valence-corrected chi connectivity index (χ1v) is 8.34. The fourth-order valence-corrected chi connectivity index (χ4v) is 2.76. The summed E-state index contributed by atoms with van der Waals surface area (Å²) in [6.07, 6.45) is 2.07. The molecule has 3 N–H and O–H groups in total. The molecule has 134 valence electrons. The first-order valence-electron chi connectivity index (χ1n) is 8.34. The summed E-state index contributed by atoms with van der Waals surface area (Å²) in [6.45, 7) is 0.00763. The van der Waals surface area contributed by atoms with Crippen LogP contribution in [0.5, 0.6) is 0 Å². The monoisotopic (exact) mass is 352 g/mol. The van der Waals surface area contributed by atoms with Gasteiger partial charge in [-0.1, -0.05) is 48.5 Å². The molecule has 6 nitrogen and oxygen atoms in total. The second-order valence-electron chi connectivity index (χ2n) is 5.98. The standard InChI is InChI=1S/C20H20N2O4/c23-19(26-13-14-6-2-1-3-7-14)12-22-18(20(24)25)10-15-11-21-17-9-5-4-8-16(15)17/h1-9,11,18,21-22H,10,12-13H2,(H,24,25)/t18-/m0/s1. The summed E-state index contributed by atoms with van der Waals surface area (Å²) in [7, 11) is 0. The van der Waals surface area contributed by atoms with E-state index in [-0.39, 0.29) is 19.6 Å². The van der Waals surface area contributed by atoms with Crippen LogP contribution < -0.4 is 5.32 Å². The van der Waals surface area contributed by atoms with E-state index in [0.717, 1.165) is 22.0 Å². The van der Waals surface area contributed by atoms with Gasteiger partial charge in [0.05, 0.1) is 6.54 Å². The molecule has 0 unspecified atom stereocenters. The molecule has 0 aliphatic carbocycles. The van der Waals surface area contributed by atoms with Crippen molar-refractivity contribution in [3.63, 3.8) is 0 Å². The van der Waals surface area contributed by atoms with Crippen molar-refractivity contribution in [2.45, 2.75) is 19.1 Å². The minimum Gasteiger partial charge on any atom is -0.480 e. The number of aromatic nitrogens is 1. The predicted molar refractivity (Wildman–Crippen MR) is 97.7 cm³/mol. The summed E-state index contributed by atoms with van der Waals surface area (Å²) < 4.78 is 5.16. The smallest absolute Gasteiger partial charge is 0.321 e. The van der Waals surface area contributed by atoms with Gasteiger partial charge in [-0.15, -0.1) is 0 Å². The van der Waals surface area contributed by atoms with Gasteiger partial charge in [0.2, 0.25) is 0 Å². The van der Waals surface area contributed by atoms with Crippen molar-refractivity contribution in [3.05, 3.63) is 71.9 Å². The maximum atomic E-state index is 11.9. The van der Waals surface area contributed by atoms with Gasteiger partial charge in [0.1, 0.15) is 12.6 Å². The van der Waals surface area contributed by atoms with Crippen molar-refractivity contribution >= 4 is 22.8 Å². The number of carbonyl (C=O) groups excluding carboxylic acids is 1. The Kier molecular flexibility index (Phi) is 5.66. The van der Waals surface area contributed by atoms with E-state index in [1.54, 1.807) is 6.20 Å². The zero-order valence-corrected chi connectivity index (χ0v) is 14.1. The van der Waals surface area contributed by atoms with Crippen LogP contribution in [-0.4, -0.2) is 34.6 Å². The van der Waals surface area contributed by atoms with Crippen LogP contribution in [0.3, 0.4) is 0 Å². The third-order valence-electron chi connectivity index (χ3n) is 4.13. The zero-order chi connectivity index (χ0) is 18.4. The number of hydrogen-bond acceptors (Lipinski definition) is 4. The Morgan fingerprint density at radius 2 is 1.81 bits per heavy atom. The minimum atomic E-state index is -1.01. The number of aliphatic carboxylic acids is 1. The maximum absolute atomic E-state index is 11.9. The highest BCUT2D eigenvalue weighted by Gasteiger charge is 2.20. The lowest BCUT2D eigenvalue weighted by Gasteiger charge is -2.14. The molecule has 6 heteroatoms. The molecule has 3 aromatic rings. The number of rotatable bonds is 8. The third kappa shape index (κ3) is 4.49. The van der Waals surface area contributed by atoms with Crippen LogP contribution in [0.1, 0.15) is 11.1 Å². The maximum Gasteiger partial charge on any atom is 0.321 e. The van der Waals surface area contributed by atoms with E-state index in [4.69, 9.17) is 4.74 Å². The fraction of sp³-hybridized carbons (Fsp3) is 0.200. The van der Waals surface area contributed by atoms with Gasteiger partial charge in [-0.3, -0.25) is 14.9 Å². The summed E-state index contributed by atoms with van der Waals surface area (Å²) in [5, 5.41) is 13.2. The molecule has 2 aromatic carbocycles. The number of hydrogen-bond donors (Lipinski definition) is 3. The number of benzene rings is 2. The highest BCUT2D eigenvalue weighted by Crippen LogP contribution is 2.19. The van der Waals surface area contributed by atoms with Crippen LogP contribution in [-0.2, 0) is 27.4 Å². The number of carboxylic acid groups (broad SMARTS) is 1. The number of aromatic amines is 1. The number of nitrogens with one attached hydrogen (secondary N) is 2. The predicted octanol–water partition coefficient (Wildman–Crippen LogP) is 2.50. The summed E-state index contributed by atoms with van der Waals surface area (Å²) in [4.78, 5) is 26.5. The first-order chi connectivity index (χ1) is 12.6. The van der Waals surface area contributed by atoms with E-state index in [9.17, 15) is 14.7 Å². The van der Waals surface area contributed by atoms with Gasteiger partial charge in [0.25, 0.3) is 0 Å². The van der Waals surface area contributed by atoms with Crippen LogP contribution in [0.2, 0.25) is 0 Å². The van der Waals surface area contributed by atoms with E-state index >= 15 is 0 Å². The lowest BCUT2D eigenvalue weighted by Crippen LogP contribution is -2.41. The topological polar surface area (TPSA) is 91.4 Å². The molecule has 3 rings (SSSR count). The van der Waals surface area contributed by atoms with Gasteiger partial charge in [-0.2, -0.15) is 0 Å². The second kappa shape index (κ2) is 8.31. The van der Waals surface area contributed by atoms with Crippen LogP contribution in [0, 0.1) is 0 Å². The number of esters is 1. The quantitative estimate of drug-likeness (QED) is 0.542. The van der Waals surface area contributed by atoms with E-state index in [1.165, 1.54) is 0 Å². The Balaban J connectivity index is 1.55. The van der Waals surface area contributed by atoms with Crippen LogP contribution in [0.4, 0.5) is 0 Å². The summed E-state index contributed by atoms with van der Waals surface area (Å²) >= 11 is 0. The van der Waals surface area contributed by atoms with Crippen LogP contribution in [0.25, 0.3) is 10.9 Å². The molecule has 0 aliphatic heterocycles. The number of carbonyl (C=O) groups is 2. The fourth-order valence-electron chi connectivity index (χ4n) is 2.76. The number of ether oxygens (including phenoxy) is 1. The zero-order valence-electron chi connectivity index (χ0n) is 14.1. The Hall–Kier alpha value is -3.12. The molecule has 1 atom stereocenters. The van der Waals surface area contributed by atoms with E-state index in [2.05, 4.69) is 10.3 Å². The van der Waals surface area contributed by atoms with E-state index in [1.807, 2.05) is 54.6 Å². The van der Waals surface area contributed by atoms with E-state index in [0.29, 0.717) is 0 Å². The van der Waals surface area contributed by atoms with Gasteiger partial charge in [-0.25, -0.2) is 0 Å². The van der Waals surface area contributed by atoms with Crippen molar-refractivity contribution in [1.82, 2.24) is 10.3 Å². The molecule has 0 bridgehead atoms. The molecule has 0 saturated heterocycles. The molecule has 0 fully saturated rings. The molecule has 0 saturated carbocycles. The average Bonchev–Trinajstić information content (AvgIpc) is 3.07. The molecule has 1 aromatic heterocycles. The normalized spacial score (nSPS) is 12.0. The highest BCUT2D eigenvalue weighted by molar-refractivity contribution is 5.84. The van der Waals surface area contributed by atoms with Crippen molar-refractivity contribution in [2.24, 2.45) is 0 Å². The second-order valence-corrected chi connectivity index (χ2v) is 5.98. The molecular formula is C20H20N2O4. The largest absolute Gasteiger partial charge is 0.480 e. The Morgan fingerprint density at radius 1 is 1.08 bits per heavy atom. The molecule has 0 radical (unpaired) electrons. The molecule has 1 heterocycles. The van der Waals surface area contributed by atoms with Gasteiger partial charge >= 0.3 is 11.9 Å². The third-order valence-corrected chi connectivity index (χ3v) is 4.13. The highest BCUT2D eigenvalue weighted by atomic mass is 16.5. The number of carboxylic acids is 1. The van der Waals surface area contributed by atoms with E-state index < -0.39 is 18.0 Å². The Morgan fingerprint density at radius 3 is 2.58 bits per heavy atom. The lowest BCUT2D eigenvalue weighted by atomic mass is 10.1. The first kappa shape index (κ1) is 17.7. The van der Waals surface area contributed by atoms with Gasteiger partial charge < -0.3 is 14.8 Å². The summed E-state index contributed by atoms with van der Waals surface area (Å²) in [6, 6.07) is 16.1. The number of H-pyrrole nitrogens is 1. The van der Waals surface area contributed by atoms with Gasteiger partial charge in [0.15, 0.2) is 0 Å². The average molecular weight is 352 g/mol. The lowest BCUT2D eigenvalue weighted by molar-refractivity contribution is -0.144. The molecule has 0 aliphatic rings. The number of fused-ring (bicyclic) bond motifs is 1. The van der Waals surface area contributed by atoms with Crippen molar-refractivity contribution in [2.75, 3.05) is 6.54 Å². The van der Waals surface area contributed by atoms with Crippen molar-refractivity contribution < 1.29 is 19.4 Å². The minimum absolute atomic E-state index is 0.161. The van der Waals surface area contributed by atoms with Gasteiger partial charge in [-0.05, 0) is 17.2 Å². The Labute approximate surface area is 150 Å². The molecule has 0 spiro atoms. The molecule has 26 heavy (non-hydrogen) atoms. The van der Waals surface area contributed by atoms with Crippen molar-refractivity contribution in [1.29, 1.82) is 0 Å². The Bertz CT molecular complexity index is 889. The molecular weight excluding hydrogens is 332 g/mol. The molecule has 0 amide bonds. The summed E-state index contributed by atoms with van der Waals surface area (Å²) in [5.74, 6) is -1.50. The van der Waals surface area contributed by atoms with Gasteiger partial charge in [0, 0.05) is 23.5 Å². The van der Waals surface area contributed by atoms with Crippen LogP contribution in [0.15, 0.2) is 60.8 Å². The van der Waals surface area contributed by atoms with Crippen molar-refractivity contribution in [3.8, 4) is 0 Å². The SMILES string of the molecule is O=C(CN[C@@H](Cc1c[nH]c2ccccc12)C(=O)O)OCc1ccccc1. The van der Waals surface area contributed by atoms with Crippen LogP contribution >= 0.6 is 0 Å². The summed E-state index contributed by atoms with van der Waals surface area (Å²) in [5.41, 5.74) is 2.72. The number of para-hydroxylation sites is 1.